The van der Waals surface area contributed by atoms with Crippen LogP contribution in [0.15, 0.2) is 48.7 Å². The van der Waals surface area contributed by atoms with E-state index in [1.54, 1.807) is 0 Å². The molecule has 90 valence electrons. The van der Waals surface area contributed by atoms with Gasteiger partial charge in [-0.1, -0.05) is 44.2 Å². The summed E-state index contributed by atoms with van der Waals surface area (Å²) in [6.45, 7) is 4.61. The summed E-state index contributed by atoms with van der Waals surface area (Å²) in [6, 6.07) is 14.7. The molecule has 1 aromatic carbocycles. The molecule has 3 rings (SSSR count). The lowest BCUT2D eigenvalue weighted by Crippen LogP contribution is -2.09. The van der Waals surface area contributed by atoms with Gasteiger partial charge in [0.2, 0.25) is 0 Å². The molecule has 0 atom stereocenters. The number of allylic oxidation sites excluding steroid dienone is 1. The second kappa shape index (κ2) is 4.09. The molecule has 0 saturated carbocycles. The largest absolute Gasteiger partial charge is 0.257 e. The Kier molecular flexibility index (Phi) is 2.55. The highest BCUT2D eigenvalue weighted by Crippen LogP contribution is 2.46. The van der Waals surface area contributed by atoms with Crippen molar-refractivity contribution in [3.8, 4) is 0 Å². The normalized spacial score (nSPS) is 18.9. The van der Waals surface area contributed by atoms with Gasteiger partial charge in [0.25, 0.3) is 0 Å². The van der Waals surface area contributed by atoms with E-state index in [2.05, 4.69) is 55.2 Å². The van der Waals surface area contributed by atoms with Crippen LogP contribution in [0.3, 0.4) is 0 Å². The van der Waals surface area contributed by atoms with E-state index in [0.717, 1.165) is 12.1 Å². The summed E-state index contributed by atoms with van der Waals surface area (Å²) < 4.78 is 0. The van der Waals surface area contributed by atoms with E-state index in [-0.39, 0.29) is 5.41 Å². The number of pyridine rings is 1. The monoisotopic (exact) mass is 235 g/mol. The van der Waals surface area contributed by atoms with E-state index < -0.39 is 0 Å². The van der Waals surface area contributed by atoms with Gasteiger partial charge in [-0.3, -0.25) is 4.98 Å². The molecule has 0 fully saturated rings. The average molecular weight is 235 g/mol. The van der Waals surface area contributed by atoms with Crippen LogP contribution in [-0.2, 0) is 6.42 Å². The quantitative estimate of drug-likeness (QED) is 0.721. The second-order valence-corrected chi connectivity index (χ2v) is 5.53. The van der Waals surface area contributed by atoms with Gasteiger partial charge in [0, 0.05) is 6.20 Å². The molecule has 1 heteroatoms. The Morgan fingerprint density at radius 3 is 2.61 bits per heavy atom. The molecule has 18 heavy (non-hydrogen) atoms. The molecular weight excluding hydrogens is 218 g/mol. The van der Waals surface area contributed by atoms with Crippen LogP contribution in [0.5, 0.6) is 0 Å². The van der Waals surface area contributed by atoms with Gasteiger partial charge in [0.05, 0.1) is 5.69 Å². The van der Waals surface area contributed by atoms with E-state index in [4.69, 9.17) is 0 Å². The zero-order valence-corrected chi connectivity index (χ0v) is 10.9. The van der Waals surface area contributed by atoms with Gasteiger partial charge in [0.15, 0.2) is 0 Å². The minimum Gasteiger partial charge on any atom is -0.257 e. The van der Waals surface area contributed by atoms with Gasteiger partial charge in [0.1, 0.15) is 0 Å². The van der Waals surface area contributed by atoms with Crippen LogP contribution in [0.1, 0.15) is 30.7 Å². The van der Waals surface area contributed by atoms with Crippen molar-refractivity contribution in [2.75, 3.05) is 0 Å². The van der Waals surface area contributed by atoms with Crippen molar-refractivity contribution in [3.63, 3.8) is 0 Å². The maximum absolute atomic E-state index is 4.40. The molecule has 0 radical (unpaired) electrons. The molecule has 2 aromatic rings. The second-order valence-electron chi connectivity index (χ2n) is 5.53. The lowest BCUT2D eigenvalue weighted by atomic mass is 9.84. The molecule has 1 aliphatic carbocycles. The summed E-state index contributed by atoms with van der Waals surface area (Å²) in [7, 11) is 0. The summed E-state index contributed by atoms with van der Waals surface area (Å²) in [5.74, 6) is 0. The Balaban J connectivity index is 2.13. The molecule has 0 saturated heterocycles. The summed E-state index contributed by atoms with van der Waals surface area (Å²) in [5.41, 5.74) is 5.47. The average Bonchev–Trinajstić information content (AvgIpc) is 2.62. The highest BCUT2D eigenvalue weighted by atomic mass is 14.7. The number of aromatic nitrogens is 1. The van der Waals surface area contributed by atoms with Gasteiger partial charge in [-0.2, -0.15) is 0 Å². The summed E-state index contributed by atoms with van der Waals surface area (Å²) in [4.78, 5) is 4.40. The third kappa shape index (κ3) is 1.86. The van der Waals surface area contributed by atoms with Crippen molar-refractivity contribution in [1.82, 2.24) is 4.98 Å². The van der Waals surface area contributed by atoms with Gasteiger partial charge >= 0.3 is 0 Å². The first-order chi connectivity index (χ1) is 8.67. The third-order valence-electron chi connectivity index (χ3n) is 3.65. The molecule has 1 heterocycles. The zero-order valence-electron chi connectivity index (χ0n) is 10.9. The van der Waals surface area contributed by atoms with Crippen LogP contribution >= 0.6 is 0 Å². The van der Waals surface area contributed by atoms with Crippen molar-refractivity contribution in [3.05, 3.63) is 65.5 Å². The molecule has 1 aliphatic rings. The van der Waals surface area contributed by atoms with E-state index in [1.807, 2.05) is 18.3 Å². The number of hydrogen-bond acceptors (Lipinski definition) is 1. The molecule has 1 aromatic heterocycles. The summed E-state index contributed by atoms with van der Waals surface area (Å²) in [6.07, 6.45) is 5.19. The highest BCUT2D eigenvalue weighted by molar-refractivity contribution is 5.87. The van der Waals surface area contributed by atoms with Crippen molar-refractivity contribution >= 4 is 11.6 Å². The lowest BCUT2D eigenvalue weighted by molar-refractivity contribution is 0.522. The Labute approximate surface area is 108 Å². The Hall–Kier alpha value is -1.89. The molecule has 0 bridgehead atoms. The first kappa shape index (κ1) is 11.2. The van der Waals surface area contributed by atoms with Gasteiger partial charge < -0.3 is 0 Å². The van der Waals surface area contributed by atoms with Crippen LogP contribution in [0.2, 0.25) is 0 Å². The topological polar surface area (TPSA) is 12.9 Å². The van der Waals surface area contributed by atoms with E-state index in [1.165, 1.54) is 16.7 Å². The number of nitrogens with zero attached hydrogens (tertiary/aromatic N) is 1. The number of fused-ring (bicyclic) bond motifs is 1. The van der Waals surface area contributed by atoms with Crippen molar-refractivity contribution in [1.29, 1.82) is 0 Å². The first-order valence-electron chi connectivity index (χ1n) is 6.38. The van der Waals surface area contributed by atoms with Crippen LogP contribution < -0.4 is 0 Å². The van der Waals surface area contributed by atoms with Crippen LogP contribution in [0, 0.1) is 5.41 Å². The molecule has 1 nitrogen and oxygen atoms in total. The number of rotatable bonds is 1. The fourth-order valence-electron chi connectivity index (χ4n) is 2.76. The van der Waals surface area contributed by atoms with Crippen molar-refractivity contribution in [2.45, 2.75) is 20.3 Å². The van der Waals surface area contributed by atoms with E-state index in [0.29, 0.717) is 0 Å². The fourth-order valence-corrected chi connectivity index (χ4v) is 2.76. The first-order valence-corrected chi connectivity index (χ1v) is 6.38. The summed E-state index contributed by atoms with van der Waals surface area (Å²) in [5, 5.41) is 0. The summed E-state index contributed by atoms with van der Waals surface area (Å²) >= 11 is 0. The van der Waals surface area contributed by atoms with Gasteiger partial charge in [-0.15, -0.1) is 0 Å². The minimum absolute atomic E-state index is 0.196. The number of benzene rings is 1. The van der Waals surface area contributed by atoms with E-state index >= 15 is 0 Å². The van der Waals surface area contributed by atoms with Crippen molar-refractivity contribution in [2.24, 2.45) is 5.41 Å². The Morgan fingerprint density at radius 1 is 1.06 bits per heavy atom. The maximum atomic E-state index is 4.40. The predicted octanol–water partition coefficient (Wildman–Crippen LogP) is 4.20. The van der Waals surface area contributed by atoms with E-state index in [9.17, 15) is 0 Å². The molecule has 0 unspecified atom stereocenters. The molecular formula is C17H17N. The minimum atomic E-state index is 0.196. The SMILES string of the molecule is CC1(C)Cc2ccccc2C1=Cc1ccccn1. The zero-order chi connectivity index (χ0) is 12.6. The smallest absolute Gasteiger partial charge is 0.0632 e. The van der Waals surface area contributed by atoms with Gasteiger partial charge in [-0.25, -0.2) is 0 Å². The standard InChI is InChI=1S/C17H17N/c1-17(2)12-13-7-3-4-9-15(13)16(17)11-14-8-5-6-10-18-14/h3-11H,12H2,1-2H3. The number of hydrogen-bond donors (Lipinski definition) is 0. The van der Waals surface area contributed by atoms with Crippen LogP contribution in [0.25, 0.3) is 11.6 Å². The van der Waals surface area contributed by atoms with Gasteiger partial charge in [-0.05, 0) is 46.7 Å². The predicted molar refractivity (Wildman–Crippen MR) is 76.0 cm³/mol. The lowest BCUT2D eigenvalue weighted by Gasteiger charge is -2.20. The van der Waals surface area contributed by atoms with Crippen molar-refractivity contribution < 1.29 is 0 Å². The fraction of sp³-hybridized carbons (Fsp3) is 0.235. The van der Waals surface area contributed by atoms with Crippen LogP contribution in [-0.4, -0.2) is 4.98 Å². The third-order valence-corrected chi connectivity index (χ3v) is 3.65. The highest BCUT2D eigenvalue weighted by Gasteiger charge is 2.33. The molecule has 0 amide bonds. The molecule has 0 N–H and O–H groups in total. The maximum Gasteiger partial charge on any atom is 0.0632 e. The Bertz CT molecular complexity index is 594. The molecule has 0 aliphatic heterocycles. The molecule has 0 spiro atoms. The van der Waals surface area contributed by atoms with Crippen LogP contribution in [0.4, 0.5) is 0 Å². The Morgan fingerprint density at radius 2 is 1.83 bits per heavy atom.